The molecule has 0 amide bonds. The Morgan fingerprint density at radius 1 is 1.43 bits per heavy atom. The molecule has 0 bridgehead atoms. The van der Waals surface area contributed by atoms with Gasteiger partial charge < -0.3 is 10.2 Å². The number of fused-ring (bicyclic) bond motifs is 1. The van der Waals surface area contributed by atoms with Crippen LogP contribution >= 0.6 is 11.6 Å². The van der Waals surface area contributed by atoms with Crippen LogP contribution in [0.5, 0.6) is 0 Å². The number of aliphatic hydroxyl groups excluding tert-OH is 1. The Balaban J connectivity index is 2.55. The largest absolute Gasteiger partial charge is 0.393 e. The molecular formula is C11H13ClO2. The minimum atomic E-state index is -1.08. The van der Waals surface area contributed by atoms with E-state index in [0.29, 0.717) is 11.4 Å². The Labute approximate surface area is 88.1 Å². The molecule has 1 aliphatic carbocycles. The van der Waals surface area contributed by atoms with Crippen LogP contribution in [-0.2, 0) is 12.0 Å². The first-order valence-corrected chi connectivity index (χ1v) is 5.16. The summed E-state index contributed by atoms with van der Waals surface area (Å²) in [5.74, 6) is 0. The van der Waals surface area contributed by atoms with Gasteiger partial charge in [0.05, 0.1) is 6.61 Å². The number of rotatable bonds is 1. The first kappa shape index (κ1) is 9.97. The standard InChI is InChI=1S/C11H13ClO2/c12-10-5-1-4-9-8(10)3-2-6-11(9,14)7-13/h1,4-5,13-14H,2-3,6-7H2. The quantitative estimate of drug-likeness (QED) is 0.746. The van der Waals surface area contributed by atoms with Crippen molar-refractivity contribution in [3.63, 3.8) is 0 Å². The van der Waals surface area contributed by atoms with Gasteiger partial charge in [-0.25, -0.2) is 0 Å². The molecule has 0 radical (unpaired) electrons. The molecule has 0 aromatic heterocycles. The zero-order valence-electron chi connectivity index (χ0n) is 7.83. The Morgan fingerprint density at radius 3 is 2.93 bits per heavy atom. The molecule has 1 unspecified atom stereocenters. The van der Waals surface area contributed by atoms with Crippen LogP contribution in [0.3, 0.4) is 0 Å². The summed E-state index contributed by atoms with van der Waals surface area (Å²) in [5, 5.41) is 20.0. The average molecular weight is 213 g/mol. The van der Waals surface area contributed by atoms with E-state index in [1.807, 2.05) is 18.2 Å². The minimum Gasteiger partial charge on any atom is -0.393 e. The maximum atomic E-state index is 10.1. The summed E-state index contributed by atoms with van der Waals surface area (Å²) >= 11 is 6.03. The van der Waals surface area contributed by atoms with E-state index in [1.54, 1.807) is 0 Å². The zero-order chi connectivity index (χ0) is 10.2. The smallest absolute Gasteiger partial charge is 0.113 e. The van der Waals surface area contributed by atoms with Crippen LogP contribution < -0.4 is 0 Å². The normalized spacial score (nSPS) is 25.9. The lowest BCUT2D eigenvalue weighted by molar-refractivity contribution is -0.0327. The van der Waals surface area contributed by atoms with Crippen molar-refractivity contribution in [1.82, 2.24) is 0 Å². The maximum Gasteiger partial charge on any atom is 0.113 e. The number of halogens is 1. The lowest BCUT2D eigenvalue weighted by Gasteiger charge is -2.33. The molecule has 1 aromatic carbocycles. The Bertz CT molecular complexity index is 351. The number of hydrogen-bond acceptors (Lipinski definition) is 2. The average Bonchev–Trinajstić information content (AvgIpc) is 2.20. The summed E-state index contributed by atoms with van der Waals surface area (Å²) in [6.45, 7) is -0.236. The molecule has 0 aliphatic heterocycles. The van der Waals surface area contributed by atoms with Crippen LogP contribution in [0.1, 0.15) is 24.0 Å². The molecular weight excluding hydrogens is 200 g/mol. The lowest BCUT2D eigenvalue weighted by Crippen LogP contribution is -2.34. The fourth-order valence-electron chi connectivity index (χ4n) is 2.11. The molecule has 2 rings (SSSR count). The van der Waals surface area contributed by atoms with Crippen molar-refractivity contribution in [3.8, 4) is 0 Å². The summed E-state index contributed by atoms with van der Waals surface area (Å²) in [5.41, 5.74) is 0.689. The molecule has 1 atom stereocenters. The third-order valence-corrected chi connectivity index (χ3v) is 3.25. The molecule has 0 saturated carbocycles. The van der Waals surface area contributed by atoms with E-state index in [9.17, 15) is 10.2 Å². The van der Waals surface area contributed by atoms with E-state index in [2.05, 4.69) is 0 Å². The fourth-order valence-corrected chi connectivity index (χ4v) is 2.37. The molecule has 1 aromatic rings. The van der Waals surface area contributed by atoms with E-state index in [4.69, 9.17) is 11.6 Å². The van der Waals surface area contributed by atoms with E-state index in [0.717, 1.165) is 24.0 Å². The van der Waals surface area contributed by atoms with Crippen molar-refractivity contribution in [2.75, 3.05) is 6.61 Å². The molecule has 0 fully saturated rings. The van der Waals surface area contributed by atoms with Crippen molar-refractivity contribution in [2.45, 2.75) is 24.9 Å². The van der Waals surface area contributed by atoms with Gasteiger partial charge in [-0.05, 0) is 36.5 Å². The van der Waals surface area contributed by atoms with Crippen molar-refractivity contribution in [1.29, 1.82) is 0 Å². The predicted molar refractivity (Wildman–Crippen MR) is 55.4 cm³/mol. The molecule has 2 nitrogen and oxygen atoms in total. The highest BCUT2D eigenvalue weighted by Crippen LogP contribution is 2.37. The monoisotopic (exact) mass is 212 g/mol. The van der Waals surface area contributed by atoms with Gasteiger partial charge in [0, 0.05) is 5.02 Å². The molecule has 0 saturated heterocycles. The van der Waals surface area contributed by atoms with Crippen molar-refractivity contribution in [3.05, 3.63) is 34.3 Å². The van der Waals surface area contributed by atoms with E-state index in [-0.39, 0.29) is 6.61 Å². The highest BCUT2D eigenvalue weighted by atomic mass is 35.5. The molecule has 3 heteroatoms. The van der Waals surface area contributed by atoms with Crippen LogP contribution in [0, 0.1) is 0 Å². The fraction of sp³-hybridized carbons (Fsp3) is 0.455. The van der Waals surface area contributed by atoms with Gasteiger partial charge in [-0.3, -0.25) is 0 Å². The summed E-state index contributed by atoms with van der Waals surface area (Å²) in [6.07, 6.45) is 2.36. The van der Waals surface area contributed by atoms with Gasteiger partial charge >= 0.3 is 0 Å². The molecule has 1 aliphatic rings. The molecule has 0 heterocycles. The summed E-state index contributed by atoms with van der Waals surface area (Å²) in [6, 6.07) is 5.48. The van der Waals surface area contributed by atoms with Crippen molar-refractivity contribution in [2.24, 2.45) is 0 Å². The first-order chi connectivity index (χ1) is 6.67. The van der Waals surface area contributed by atoms with E-state index in [1.165, 1.54) is 0 Å². The SMILES string of the molecule is OCC1(O)CCCc2c(Cl)cccc21. The van der Waals surface area contributed by atoms with Crippen LogP contribution in [-0.4, -0.2) is 16.8 Å². The highest BCUT2D eigenvalue weighted by molar-refractivity contribution is 6.31. The minimum absolute atomic E-state index is 0.236. The van der Waals surface area contributed by atoms with Gasteiger partial charge in [0.15, 0.2) is 0 Å². The zero-order valence-corrected chi connectivity index (χ0v) is 8.59. The van der Waals surface area contributed by atoms with Crippen LogP contribution in [0.2, 0.25) is 5.02 Å². The molecule has 0 spiro atoms. The lowest BCUT2D eigenvalue weighted by atomic mass is 9.80. The third kappa shape index (κ3) is 1.44. The van der Waals surface area contributed by atoms with Crippen LogP contribution in [0.4, 0.5) is 0 Å². The number of benzene rings is 1. The van der Waals surface area contributed by atoms with Gasteiger partial charge in [-0.15, -0.1) is 0 Å². The van der Waals surface area contributed by atoms with Crippen molar-refractivity contribution >= 4 is 11.6 Å². The molecule has 76 valence electrons. The third-order valence-electron chi connectivity index (χ3n) is 2.90. The molecule has 2 N–H and O–H groups in total. The summed E-state index contributed by atoms with van der Waals surface area (Å²) < 4.78 is 0. The van der Waals surface area contributed by atoms with Gasteiger partial charge in [-0.1, -0.05) is 23.7 Å². The van der Waals surface area contributed by atoms with Crippen LogP contribution in [0.15, 0.2) is 18.2 Å². The van der Waals surface area contributed by atoms with Gasteiger partial charge in [0.1, 0.15) is 5.60 Å². The topological polar surface area (TPSA) is 40.5 Å². The Hall–Kier alpha value is -0.570. The van der Waals surface area contributed by atoms with E-state index < -0.39 is 5.60 Å². The second-order valence-electron chi connectivity index (χ2n) is 3.81. The second kappa shape index (κ2) is 3.54. The van der Waals surface area contributed by atoms with Crippen LogP contribution in [0.25, 0.3) is 0 Å². The predicted octanol–water partition coefficient (Wildman–Crippen LogP) is 1.86. The Kier molecular flexibility index (Phi) is 2.52. The second-order valence-corrected chi connectivity index (χ2v) is 4.22. The summed E-state index contributed by atoms with van der Waals surface area (Å²) in [7, 11) is 0. The van der Waals surface area contributed by atoms with Gasteiger partial charge in [0.2, 0.25) is 0 Å². The Morgan fingerprint density at radius 2 is 2.21 bits per heavy atom. The molecule has 14 heavy (non-hydrogen) atoms. The summed E-state index contributed by atoms with van der Waals surface area (Å²) in [4.78, 5) is 0. The highest BCUT2D eigenvalue weighted by Gasteiger charge is 2.34. The van der Waals surface area contributed by atoms with Gasteiger partial charge in [0.25, 0.3) is 0 Å². The van der Waals surface area contributed by atoms with Gasteiger partial charge in [-0.2, -0.15) is 0 Å². The number of hydrogen-bond donors (Lipinski definition) is 2. The maximum absolute atomic E-state index is 10.1. The first-order valence-electron chi connectivity index (χ1n) is 4.78. The van der Waals surface area contributed by atoms with E-state index >= 15 is 0 Å². The number of aliphatic hydroxyl groups is 2. The van der Waals surface area contributed by atoms with Crippen molar-refractivity contribution < 1.29 is 10.2 Å².